The maximum atomic E-state index is 13.1. The number of pyridine rings is 1. The average molecular weight is 423 g/mol. The van der Waals surface area contributed by atoms with E-state index in [2.05, 4.69) is 0 Å². The van der Waals surface area contributed by atoms with Crippen molar-refractivity contribution in [2.75, 3.05) is 0 Å². The van der Waals surface area contributed by atoms with Crippen LogP contribution in [0.15, 0.2) is 47.3 Å². The molecule has 27 heavy (non-hydrogen) atoms. The van der Waals surface area contributed by atoms with Crippen LogP contribution in [0.1, 0.15) is 16.1 Å². The molecule has 0 amide bonds. The number of rotatable bonds is 3. The molecule has 2 aromatic carbocycles. The standard InChI is InChI=1S/C20H14Cl3NO3/c1-10-16(11-3-6-13(21)7-4-11)19(25)17(20(26)27)18(24(10)2)12-5-8-14(22)15(23)9-12/h3-9H,1-2H3,(H,26,27). The van der Waals surface area contributed by atoms with Crippen molar-refractivity contribution in [2.45, 2.75) is 6.92 Å². The Morgan fingerprint density at radius 2 is 1.56 bits per heavy atom. The van der Waals surface area contributed by atoms with Gasteiger partial charge in [-0.3, -0.25) is 4.79 Å². The van der Waals surface area contributed by atoms with Crippen LogP contribution in [0.4, 0.5) is 0 Å². The van der Waals surface area contributed by atoms with Gasteiger partial charge in [-0.15, -0.1) is 0 Å². The third-order valence-electron chi connectivity index (χ3n) is 4.43. The van der Waals surface area contributed by atoms with Crippen LogP contribution in [-0.2, 0) is 7.05 Å². The van der Waals surface area contributed by atoms with Gasteiger partial charge in [-0.1, -0.05) is 53.0 Å². The summed E-state index contributed by atoms with van der Waals surface area (Å²) in [4.78, 5) is 25.1. The highest BCUT2D eigenvalue weighted by molar-refractivity contribution is 6.42. The van der Waals surface area contributed by atoms with Crippen molar-refractivity contribution in [1.29, 1.82) is 0 Å². The van der Waals surface area contributed by atoms with E-state index < -0.39 is 11.4 Å². The molecule has 138 valence electrons. The molecule has 7 heteroatoms. The van der Waals surface area contributed by atoms with Gasteiger partial charge in [0.15, 0.2) is 0 Å². The van der Waals surface area contributed by atoms with Gasteiger partial charge >= 0.3 is 5.97 Å². The summed E-state index contributed by atoms with van der Waals surface area (Å²) in [6.45, 7) is 1.76. The summed E-state index contributed by atoms with van der Waals surface area (Å²) < 4.78 is 1.67. The van der Waals surface area contributed by atoms with Gasteiger partial charge in [0.25, 0.3) is 0 Å². The molecule has 1 heterocycles. The van der Waals surface area contributed by atoms with Gasteiger partial charge in [0.1, 0.15) is 5.56 Å². The number of carboxylic acids is 1. The van der Waals surface area contributed by atoms with E-state index in [1.165, 1.54) is 0 Å². The smallest absolute Gasteiger partial charge is 0.341 e. The van der Waals surface area contributed by atoms with Gasteiger partial charge in [0.2, 0.25) is 5.43 Å². The highest BCUT2D eigenvalue weighted by Gasteiger charge is 2.25. The highest BCUT2D eigenvalue weighted by atomic mass is 35.5. The summed E-state index contributed by atoms with van der Waals surface area (Å²) in [5.74, 6) is -1.31. The van der Waals surface area contributed by atoms with Gasteiger partial charge < -0.3 is 9.67 Å². The van der Waals surface area contributed by atoms with Gasteiger partial charge in [0, 0.05) is 28.9 Å². The number of aromatic carboxylic acids is 1. The van der Waals surface area contributed by atoms with Crippen molar-refractivity contribution in [2.24, 2.45) is 7.05 Å². The third-order valence-corrected chi connectivity index (χ3v) is 5.42. The molecule has 1 aromatic heterocycles. The Hall–Kier alpha value is -2.27. The Labute approximate surface area is 170 Å². The zero-order valence-electron chi connectivity index (χ0n) is 14.4. The van der Waals surface area contributed by atoms with Gasteiger partial charge in [-0.25, -0.2) is 4.79 Å². The SMILES string of the molecule is Cc1c(-c2ccc(Cl)cc2)c(=O)c(C(=O)O)c(-c2ccc(Cl)c(Cl)c2)n1C. The number of aromatic nitrogens is 1. The van der Waals surface area contributed by atoms with E-state index >= 15 is 0 Å². The topological polar surface area (TPSA) is 59.3 Å². The zero-order chi connectivity index (χ0) is 19.9. The molecule has 3 rings (SSSR count). The lowest BCUT2D eigenvalue weighted by Gasteiger charge is -2.19. The second-order valence-corrected chi connectivity index (χ2v) is 7.26. The monoisotopic (exact) mass is 421 g/mol. The fourth-order valence-corrected chi connectivity index (χ4v) is 3.46. The van der Waals surface area contributed by atoms with Gasteiger partial charge in [-0.05, 0) is 36.8 Å². The Bertz CT molecular complexity index is 1120. The van der Waals surface area contributed by atoms with Crippen molar-refractivity contribution in [3.05, 3.63) is 79.0 Å². The molecule has 0 unspecified atom stereocenters. The Morgan fingerprint density at radius 1 is 0.963 bits per heavy atom. The quantitative estimate of drug-likeness (QED) is 0.590. The minimum Gasteiger partial charge on any atom is -0.477 e. The summed E-state index contributed by atoms with van der Waals surface area (Å²) in [7, 11) is 1.71. The Kier molecular flexibility index (Phi) is 5.33. The lowest BCUT2D eigenvalue weighted by atomic mass is 9.96. The molecule has 0 aliphatic carbocycles. The Morgan fingerprint density at radius 3 is 2.11 bits per heavy atom. The molecule has 1 N–H and O–H groups in total. The molecule has 3 aromatic rings. The van der Waals surface area contributed by atoms with E-state index in [9.17, 15) is 14.7 Å². The predicted octanol–water partition coefficient (Wildman–Crippen LogP) is 5.69. The molecular weight excluding hydrogens is 409 g/mol. The normalized spacial score (nSPS) is 10.9. The largest absolute Gasteiger partial charge is 0.477 e. The van der Waals surface area contributed by atoms with Crippen LogP contribution in [0, 0.1) is 6.92 Å². The second kappa shape index (κ2) is 7.39. The van der Waals surface area contributed by atoms with Crippen molar-refractivity contribution in [3.63, 3.8) is 0 Å². The first-order valence-corrected chi connectivity index (χ1v) is 9.04. The lowest BCUT2D eigenvalue weighted by molar-refractivity contribution is 0.0695. The number of hydrogen-bond acceptors (Lipinski definition) is 2. The molecule has 0 spiro atoms. The minimum atomic E-state index is -1.31. The fraction of sp³-hybridized carbons (Fsp3) is 0.100. The van der Waals surface area contributed by atoms with Crippen LogP contribution in [0.5, 0.6) is 0 Å². The second-order valence-electron chi connectivity index (χ2n) is 6.01. The van der Waals surface area contributed by atoms with E-state index in [-0.39, 0.29) is 16.3 Å². The first kappa shape index (κ1) is 19.5. The molecular formula is C20H14Cl3NO3. The van der Waals surface area contributed by atoms with Gasteiger partial charge in [0.05, 0.1) is 15.7 Å². The zero-order valence-corrected chi connectivity index (χ0v) is 16.7. The molecule has 0 aliphatic heterocycles. The van der Waals surface area contributed by atoms with Gasteiger partial charge in [-0.2, -0.15) is 0 Å². The van der Waals surface area contributed by atoms with Crippen molar-refractivity contribution in [1.82, 2.24) is 4.57 Å². The summed E-state index contributed by atoms with van der Waals surface area (Å²) in [6, 6.07) is 11.4. The highest BCUT2D eigenvalue weighted by Crippen LogP contribution is 2.32. The Balaban J connectivity index is 2.40. The molecule has 0 atom stereocenters. The van der Waals surface area contributed by atoms with E-state index in [0.29, 0.717) is 32.4 Å². The molecule has 0 fully saturated rings. The maximum Gasteiger partial charge on any atom is 0.341 e. The average Bonchev–Trinajstić information content (AvgIpc) is 2.61. The van der Waals surface area contributed by atoms with Crippen LogP contribution in [0.3, 0.4) is 0 Å². The molecule has 0 saturated carbocycles. The molecule has 4 nitrogen and oxygen atoms in total. The van der Waals surface area contributed by atoms with Crippen LogP contribution in [-0.4, -0.2) is 15.6 Å². The van der Waals surface area contributed by atoms with Crippen LogP contribution in [0.25, 0.3) is 22.4 Å². The van der Waals surface area contributed by atoms with E-state index in [1.807, 2.05) is 0 Å². The summed E-state index contributed by atoms with van der Waals surface area (Å²) in [5.41, 5.74) is 1.39. The van der Waals surface area contributed by atoms with E-state index in [0.717, 1.165) is 0 Å². The molecule has 0 radical (unpaired) electrons. The number of hydrogen-bond donors (Lipinski definition) is 1. The van der Waals surface area contributed by atoms with Crippen molar-refractivity contribution < 1.29 is 9.90 Å². The van der Waals surface area contributed by atoms with Crippen LogP contribution < -0.4 is 5.43 Å². The summed E-state index contributed by atoms with van der Waals surface area (Å²) in [5, 5.41) is 10.9. The van der Waals surface area contributed by atoms with Crippen LogP contribution in [0.2, 0.25) is 15.1 Å². The van der Waals surface area contributed by atoms with E-state index in [1.54, 1.807) is 61.0 Å². The number of benzene rings is 2. The maximum absolute atomic E-state index is 13.1. The van der Waals surface area contributed by atoms with Crippen molar-refractivity contribution in [3.8, 4) is 22.4 Å². The summed E-state index contributed by atoms with van der Waals surface area (Å²) >= 11 is 18.0. The number of carboxylic acid groups (broad SMARTS) is 1. The number of carbonyl (C=O) groups is 1. The third kappa shape index (κ3) is 3.48. The number of halogens is 3. The first-order valence-electron chi connectivity index (χ1n) is 7.90. The molecule has 0 saturated heterocycles. The fourth-order valence-electron chi connectivity index (χ4n) is 3.04. The lowest BCUT2D eigenvalue weighted by Crippen LogP contribution is -2.24. The minimum absolute atomic E-state index is 0.265. The predicted molar refractivity (Wildman–Crippen MR) is 109 cm³/mol. The number of nitrogens with zero attached hydrogens (tertiary/aromatic N) is 1. The van der Waals surface area contributed by atoms with E-state index in [4.69, 9.17) is 34.8 Å². The van der Waals surface area contributed by atoms with Crippen LogP contribution >= 0.6 is 34.8 Å². The molecule has 0 bridgehead atoms. The summed E-state index contributed by atoms with van der Waals surface area (Å²) in [6.07, 6.45) is 0. The first-order chi connectivity index (χ1) is 12.7. The molecule has 0 aliphatic rings. The van der Waals surface area contributed by atoms with Crippen molar-refractivity contribution >= 4 is 40.8 Å².